The number of nitrogens with zero attached hydrogens (tertiary/aromatic N) is 1. The van der Waals surface area contributed by atoms with Crippen LogP contribution in [-0.4, -0.2) is 11.4 Å². The van der Waals surface area contributed by atoms with Crippen LogP contribution in [0.25, 0.3) is 0 Å². The molecule has 0 amide bonds. The average Bonchev–Trinajstić information content (AvgIpc) is 2.87. The van der Waals surface area contributed by atoms with E-state index in [9.17, 15) is 0 Å². The zero-order valence-corrected chi connectivity index (χ0v) is 6.72. The van der Waals surface area contributed by atoms with Crippen molar-refractivity contribution >= 4 is 6.21 Å². The van der Waals surface area contributed by atoms with Gasteiger partial charge in [0.2, 0.25) is 0 Å². The van der Waals surface area contributed by atoms with E-state index >= 15 is 0 Å². The van der Waals surface area contributed by atoms with Gasteiger partial charge in [-0.15, -0.1) is 5.16 Å². The maximum Gasteiger partial charge on any atom is 0.0473 e. The van der Waals surface area contributed by atoms with Crippen LogP contribution in [0.1, 0.15) is 17.9 Å². The lowest BCUT2D eigenvalue weighted by Crippen LogP contribution is -1.83. The molecule has 1 N–H and O–H groups in total. The Kier molecular flexibility index (Phi) is 1.82. The van der Waals surface area contributed by atoms with Crippen LogP contribution >= 0.6 is 0 Å². The molecule has 2 atom stereocenters. The number of rotatable bonds is 2. The molecule has 1 aliphatic carbocycles. The molecule has 62 valence electrons. The first kappa shape index (κ1) is 7.35. The predicted octanol–water partition coefficient (Wildman–Crippen LogP) is 2.25. The van der Waals surface area contributed by atoms with E-state index < -0.39 is 0 Å². The zero-order valence-electron chi connectivity index (χ0n) is 6.72. The standard InChI is InChI=1S/C10H11NO/c12-11-7-9-6-10(9)8-4-2-1-3-5-8/h1-5,7,9-10,12H,6H2/b11-7-/t9-,10+/m0/s1. The van der Waals surface area contributed by atoms with Gasteiger partial charge in [0.05, 0.1) is 0 Å². The summed E-state index contributed by atoms with van der Waals surface area (Å²) in [6.45, 7) is 0. The fourth-order valence-electron chi connectivity index (χ4n) is 1.55. The summed E-state index contributed by atoms with van der Waals surface area (Å²) in [7, 11) is 0. The monoisotopic (exact) mass is 161 g/mol. The third-order valence-corrected chi connectivity index (χ3v) is 2.33. The molecular formula is C10H11NO. The molecule has 1 saturated carbocycles. The summed E-state index contributed by atoms with van der Waals surface area (Å²) < 4.78 is 0. The van der Waals surface area contributed by atoms with Crippen molar-refractivity contribution in [3.8, 4) is 0 Å². The lowest BCUT2D eigenvalue weighted by molar-refractivity contribution is 0.320. The highest BCUT2D eigenvalue weighted by atomic mass is 16.4. The highest BCUT2D eigenvalue weighted by Gasteiger charge is 2.36. The summed E-state index contributed by atoms with van der Waals surface area (Å²) >= 11 is 0. The summed E-state index contributed by atoms with van der Waals surface area (Å²) in [5, 5.41) is 11.4. The fourth-order valence-corrected chi connectivity index (χ4v) is 1.55. The third kappa shape index (κ3) is 1.33. The predicted molar refractivity (Wildman–Crippen MR) is 47.6 cm³/mol. The molecule has 2 nitrogen and oxygen atoms in total. The van der Waals surface area contributed by atoms with E-state index in [1.54, 1.807) is 6.21 Å². The Balaban J connectivity index is 2.06. The van der Waals surface area contributed by atoms with Crippen LogP contribution in [-0.2, 0) is 0 Å². The van der Waals surface area contributed by atoms with Crippen molar-refractivity contribution in [3.05, 3.63) is 35.9 Å². The Bertz CT molecular complexity index is 281. The zero-order chi connectivity index (χ0) is 8.39. The summed E-state index contributed by atoms with van der Waals surface area (Å²) in [4.78, 5) is 0. The molecule has 0 bridgehead atoms. The van der Waals surface area contributed by atoms with Gasteiger partial charge in [0.25, 0.3) is 0 Å². The van der Waals surface area contributed by atoms with Gasteiger partial charge in [0.1, 0.15) is 0 Å². The van der Waals surface area contributed by atoms with Crippen molar-refractivity contribution in [2.75, 3.05) is 0 Å². The molecule has 0 saturated heterocycles. The van der Waals surface area contributed by atoms with Gasteiger partial charge < -0.3 is 5.21 Å². The van der Waals surface area contributed by atoms with Crippen LogP contribution in [0, 0.1) is 5.92 Å². The van der Waals surface area contributed by atoms with E-state index in [4.69, 9.17) is 5.21 Å². The molecule has 0 aliphatic heterocycles. The summed E-state index contributed by atoms with van der Waals surface area (Å²) in [6, 6.07) is 10.3. The quantitative estimate of drug-likeness (QED) is 0.402. The summed E-state index contributed by atoms with van der Waals surface area (Å²) in [5.74, 6) is 1.04. The molecule has 12 heavy (non-hydrogen) atoms. The summed E-state index contributed by atoms with van der Waals surface area (Å²) in [5.41, 5.74) is 1.35. The van der Waals surface area contributed by atoms with E-state index in [-0.39, 0.29) is 0 Å². The van der Waals surface area contributed by atoms with Crippen molar-refractivity contribution in [1.82, 2.24) is 0 Å². The Labute approximate surface area is 71.5 Å². The average molecular weight is 161 g/mol. The molecule has 1 aliphatic rings. The maximum absolute atomic E-state index is 8.31. The molecule has 0 heterocycles. The van der Waals surface area contributed by atoms with E-state index in [1.165, 1.54) is 5.56 Å². The van der Waals surface area contributed by atoms with Gasteiger partial charge in [-0.25, -0.2) is 0 Å². The van der Waals surface area contributed by atoms with Gasteiger partial charge in [-0.1, -0.05) is 30.3 Å². The van der Waals surface area contributed by atoms with Gasteiger partial charge in [0, 0.05) is 12.1 Å². The first-order valence-corrected chi connectivity index (χ1v) is 4.14. The van der Waals surface area contributed by atoms with Crippen molar-refractivity contribution in [2.24, 2.45) is 11.1 Å². The fraction of sp³-hybridized carbons (Fsp3) is 0.300. The van der Waals surface area contributed by atoms with Crippen molar-refractivity contribution in [3.63, 3.8) is 0 Å². The third-order valence-electron chi connectivity index (χ3n) is 2.33. The maximum atomic E-state index is 8.31. The van der Waals surface area contributed by atoms with E-state index in [1.807, 2.05) is 18.2 Å². The minimum atomic E-state index is 0.456. The number of hydrogen-bond acceptors (Lipinski definition) is 2. The van der Waals surface area contributed by atoms with E-state index in [0.29, 0.717) is 11.8 Å². The molecule has 1 aromatic rings. The topological polar surface area (TPSA) is 32.6 Å². The highest BCUT2D eigenvalue weighted by Crippen LogP contribution is 2.45. The smallest absolute Gasteiger partial charge is 0.0473 e. The van der Waals surface area contributed by atoms with Crippen molar-refractivity contribution < 1.29 is 5.21 Å². The van der Waals surface area contributed by atoms with Crippen LogP contribution in [0.3, 0.4) is 0 Å². The molecular weight excluding hydrogens is 150 g/mol. The number of oxime groups is 1. The molecule has 0 unspecified atom stereocenters. The Morgan fingerprint density at radius 2 is 2.08 bits per heavy atom. The van der Waals surface area contributed by atoms with Crippen LogP contribution in [0.2, 0.25) is 0 Å². The highest BCUT2D eigenvalue weighted by molar-refractivity contribution is 5.66. The Morgan fingerprint density at radius 3 is 2.75 bits per heavy atom. The normalized spacial score (nSPS) is 27.7. The molecule has 0 aromatic heterocycles. The molecule has 0 radical (unpaired) electrons. The van der Waals surface area contributed by atoms with Crippen LogP contribution in [0.4, 0.5) is 0 Å². The van der Waals surface area contributed by atoms with Gasteiger partial charge in [-0.05, 0) is 17.9 Å². The second-order valence-electron chi connectivity index (χ2n) is 3.18. The SMILES string of the molecule is O/N=C\[C@@H]1C[C@@H]1c1ccccc1. The van der Waals surface area contributed by atoms with Crippen molar-refractivity contribution in [1.29, 1.82) is 0 Å². The van der Waals surface area contributed by atoms with Gasteiger partial charge in [-0.2, -0.15) is 0 Å². The lowest BCUT2D eigenvalue weighted by atomic mass is 10.1. The van der Waals surface area contributed by atoms with Crippen LogP contribution in [0.15, 0.2) is 35.5 Å². The van der Waals surface area contributed by atoms with Gasteiger partial charge in [-0.3, -0.25) is 0 Å². The van der Waals surface area contributed by atoms with Gasteiger partial charge >= 0.3 is 0 Å². The van der Waals surface area contributed by atoms with E-state index in [2.05, 4.69) is 17.3 Å². The van der Waals surface area contributed by atoms with Crippen LogP contribution in [0.5, 0.6) is 0 Å². The largest absolute Gasteiger partial charge is 0.411 e. The van der Waals surface area contributed by atoms with Crippen LogP contribution < -0.4 is 0 Å². The molecule has 0 spiro atoms. The van der Waals surface area contributed by atoms with Crippen molar-refractivity contribution in [2.45, 2.75) is 12.3 Å². The first-order chi connectivity index (χ1) is 5.92. The number of hydrogen-bond donors (Lipinski definition) is 1. The molecule has 1 aromatic carbocycles. The molecule has 2 rings (SSSR count). The second kappa shape index (κ2) is 2.97. The second-order valence-corrected chi connectivity index (χ2v) is 3.18. The lowest BCUT2D eigenvalue weighted by Gasteiger charge is -1.94. The minimum Gasteiger partial charge on any atom is -0.411 e. The molecule has 2 heteroatoms. The molecule has 1 fully saturated rings. The minimum absolute atomic E-state index is 0.456. The Hall–Kier alpha value is -1.31. The first-order valence-electron chi connectivity index (χ1n) is 4.14. The Morgan fingerprint density at radius 1 is 1.33 bits per heavy atom. The van der Waals surface area contributed by atoms with E-state index in [0.717, 1.165) is 6.42 Å². The summed E-state index contributed by atoms with van der Waals surface area (Å²) in [6.07, 6.45) is 2.74. The van der Waals surface area contributed by atoms with Gasteiger partial charge in [0.15, 0.2) is 0 Å². The number of benzene rings is 1.